The Balaban J connectivity index is 1.84. The number of benzene rings is 1. The molecule has 0 aromatic heterocycles. The van der Waals surface area contributed by atoms with Crippen molar-refractivity contribution in [1.29, 1.82) is 0 Å². The van der Waals surface area contributed by atoms with E-state index in [9.17, 15) is 0 Å². The lowest BCUT2D eigenvalue weighted by Gasteiger charge is -2.32. The molecule has 0 atom stereocenters. The molecule has 118 valence electrons. The van der Waals surface area contributed by atoms with Gasteiger partial charge >= 0.3 is 0 Å². The maximum Gasteiger partial charge on any atom is 0.121 e. The van der Waals surface area contributed by atoms with Crippen LogP contribution in [0.1, 0.15) is 53.4 Å². The van der Waals surface area contributed by atoms with Crippen molar-refractivity contribution < 1.29 is 4.74 Å². The molecule has 1 aromatic rings. The Morgan fingerprint density at radius 2 is 1.81 bits per heavy atom. The summed E-state index contributed by atoms with van der Waals surface area (Å²) >= 11 is 0. The highest BCUT2D eigenvalue weighted by atomic mass is 16.5. The Kier molecular flexibility index (Phi) is 5.96. The van der Waals surface area contributed by atoms with Crippen molar-refractivity contribution in [2.45, 2.75) is 59.4 Å². The summed E-state index contributed by atoms with van der Waals surface area (Å²) in [6.45, 7) is 9.84. The van der Waals surface area contributed by atoms with Crippen LogP contribution in [0.2, 0.25) is 0 Å². The third-order valence-corrected chi connectivity index (χ3v) is 4.50. The Bertz CT molecular complexity index is 419. The smallest absolute Gasteiger partial charge is 0.121 e. The third-order valence-electron chi connectivity index (χ3n) is 4.50. The molecule has 0 unspecified atom stereocenters. The molecule has 0 saturated heterocycles. The van der Waals surface area contributed by atoms with Gasteiger partial charge in [0.05, 0.1) is 6.61 Å². The van der Waals surface area contributed by atoms with Crippen LogP contribution in [0.25, 0.3) is 0 Å². The fourth-order valence-corrected chi connectivity index (χ4v) is 3.10. The summed E-state index contributed by atoms with van der Waals surface area (Å²) in [6.07, 6.45) is 5.30. The monoisotopic (exact) mass is 289 g/mol. The maximum atomic E-state index is 5.81. The lowest BCUT2D eigenvalue weighted by molar-refractivity contribution is 0.266. The van der Waals surface area contributed by atoms with Crippen LogP contribution in [0.3, 0.4) is 0 Å². The molecular weight excluding hydrogens is 258 g/mol. The number of ether oxygens (including phenoxy) is 1. The summed E-state index contributed by atoms with van der Waals surface area (Å²) < 4.78 is 5.81. The zero-order valence-corrected chi connectivity index (χ0v) is 14.1. The van der Waals surface area contributed by atoms with E-state index in [1.54, 1.807) is 0 Å². The second kappa shape index (κ2) is 7.72. The molecule has 1 saturated carbocycles. The van der Waals surface area contributed by atoms with Gasteiger partial charge in [-0.15, -0.1) is 0 Å². The zero-order valence-electron chi connectivity index (χ0n) is 14.1. The second-order valence-corrected chi connectivity index (χ2v) is 7.23. The number of nitrogens with one attached hydrogen (secondary N) is 1. The predicted molar refractivity (Wildman–Crippen MR) is 91.0 cm³/mol. The molecule has 1 N–H and O–H groups in total. The van der Waals surface area contributed by atoms with Crippen molar-refractivity contribution in [3.05, 3.63) is 24.3 Å². The fraction of sp³-hybridized carbons (Fsp3) is 0.684. The first-order valence-corrected chi connectivity index (χ1v) is 8.54. The van der Waals surface area contributed by atoms with Gasteiger partial charge in [0.2, 0.25) is 0 Å². The standard InChI is InChI=1S/C19H31NO/c1-14(2)13-21-19-7-5-6-18(12-19)20-17-10-8-16(9-11-17)15(3)4/h5-7,12,14-17,20H,8-11,13H2,1-4H3. The number of hydrogen-bond donors (Lipinski definition) is 1. The molecule has 1 aliphatic carbocycles. The molecule has 2 heteroatoms. The normalized spacial score (nSPS) is 22.6. The van der Waals surface area contributed by atoms with E-state index in [-0.39, 0.29) is 0 Å². The van der Waals surface area contributed by atoms with Gasteiger partial charge in [-0.25, -0.2) is 0 Å². The second-order valence-electron chi connectivity index (χ2n) is 7.23. The Morgan fingerprint density at radius 1 is 1.10 bits per heavy atom. The van der Waals surface area contributed by atoms with Crippen LogP contribution < -0.4 is 10.1 Å². The van der Waals surface area contributed by atoms with Crippen molar-refractivity contribution in [3.8, 4) is 5.75 Å². The molecule has 0 radical (unpaired) electrons. The molecule has 0 bridgehead atoms. The van der Waals surface area contributed by atoms with Crippen LogP contribution in [0.15, 0.2) is 24.3 Å². The summed E-state index contributed by atoms with van der Waals surface area (Å²) in [5, 5.41) is 3.69. The van der Waals surface area contributed by atoms with Crippen LogP contribution in [0, 0.1) is 17.8 Å². The molecule has 0 spiro atoms. The van der Waals surface area contributed by atoms with E-state index in [0.29, 0.717) is 12.0 Å². The van der Waals surface area contributed by atoms with Gasteiger partial charge in [-0.1, -0.05) is 33.8 Å². The number of anilines is 1. The van der Waals surface area contributed by atoms with E-state index in [0.717, 1.165) is 24.2 Å². The summed E-state index contributed by atoms with van der Waals surface area (Å²) in [5.74, 6) is 3.29. The quantitative estimate of drug-likeness (QED) is 0.762. The molecule has 1 aliphatic rings. The van der Waals surface area contributed by atoms with Gasteiger partial charge in [-0.05, 0) is 55.6 Å². The SMILES string of the molecule is CC(C)COc1cccc(NC2CCC(C(C)C)CC2)c1. The predicted octanol–water partition coefficient (Wildman–Crippen LogP) is 5.35. The van der Waals surface area contributed by atoms with E-state index < -0.39 is 0 Å². The minimum absolute atomic E-state index is 0.563. The van der Waals surface area contributed by atoms with E-state index >= 15 is 0 Å². The first kappa shape index (κ1) is 16.2. The molecule has 2 nitrogen and oxygen atoms in total. The van der Waals surface area contributed by atoms with Gasteiger partial charge in [0.25, 0.3) is 0 Å². The van der Waals surface area contributed by atoms with Crippen molar-refractivity contribution in [1.82, 2.24) is 0 Å². The van der Waals surface area contributed by atoms with Crippen LogP contribution in [0.4, 0.5) is 5.69 Å². The summed E-state index contributed by atoms with van der Waals surface area (Å²) in [4.78, 5) is 0. The van der Waals surface area contributed by atoms with Crippen LogP contribution in [0.5, 0.6) is 5.75 Å². The molecule has 0 amide bonds. The first-order valence-electron chi connectivity index (χ1n) is 8.54. The summed E-state index contributed by atoms with van der Waals surface area (Å²) in [7, 11) is 0. The summed E-state index contributed by atoms with van der Waals surface area (Å²) in [5.41, 5.74) is 1.20. The summed E-state index contributed by atoms with van der Waals surface area (Å²) in [6, 6.07) is 9.04. The van der Waals surface area contributed by atoms with Gasteiger partial charge in [-0.3, -0.25) is 0 Å². The third kappa shape index (κ3) is 5.26. The largest absolute Gasteiger partial charge is 0.493 e. The molecule has 1 fully saturated rings. The molecule has 0 heterocycles. The average Bonchev–Trinajstić information content (AvgIpc) is 2.46. The van der Waals surface area contributed by atoms with Gasteiger partial charge in [-0.2, -0.15) is 0 Å². The van der Waals surface area contributed by atoms with E-state index in [1.807, 2.05) is 6.07 Å². The maximum absolute atomic E-state index is 5.81. The molecule has 0 aliphatic heterocycles. The minimum atomic E-state index is 0.563. The van der Waals surface area contributed by atoms with E-state index in [1.165, 1.54) is 31.4 Å². The van der Waals surface area contributed by atoms with E-state index in [4.69, 9.17) is 4.74 Å². The lowest BCUT2D eigenvalue weighted by Crippen LogP contribution is -2.27. The van der Waals surface area contributed by atoms with Crippen molar-refractivity contribution >= 4 is 5.69 Å². The zero-order chi connectivity index (χ0) is 15.2. The Labute approximate surface area is 130 Å². The fourth-order valence-electron chi connectivity index (χ4n) is 3.10. The van der Waals surface area contributed by atoms with Gasteiger partial charge in [0.15, 0.2) is 0 Å². The highest BCUT2D eigenvalue weighted by molar-refractivity contribution is 5.48. The van der Waals surface area contributed by atoms with Crippen molar-refractivity contribution in [2.75, 3.05) is 11.9 Å². The minimum Gasteiger partial charge on any atom is -0.493 e. The Hall–Kier alpha value is -1.18. The molecule has 1 aromatic carbocycles. The first-order chi connectivity index (χ1) is 10.0. The molecular formula is C19H31NO. The number of hydrogen-bond acceptors (Lipinski definition) is 2. The highest BCUT2D eigenvalue weighted by Crippen LogP contribution is 2.31. The van der Waals surface area contributed by atoms with Crippen LogP contribution >= 0.6 is 0 Å². The van der Waals surface area contributed by atoms with Crippen LogP contribution in [-0.4, -0.2) is 12.6 Å². The van der Waals surface area contributed by atoms with Gasteiger partial charge < -0.3 is 10.1 Å². The topological polar surface area (TPSA) is 21.3 Å². The lowest BCUT2D eigenvalue weighted by atomic mass is 9.79. The average molecular weight is 289 g/mol. The van der Waals surface area contributed by atoms with Crippen molar-refractivity contribution in [3.63, 3.8) is 0 Å². The number of rotatable bonds is 6. The van der Waals surface area contributed by atoms with E-state index in [2.05, 4.69) is 51.2 Å². The Morgan fingerprint density at radius 3 is 2.43 bits per heavy atom. The molecule has 2 rings (SSSR count). The van der Waals surface area contributed by atoms with Gasteiger partial charge in [0, 0.05) is 17.8 Å². The highest BCUT2D eigenvalue weighted by Gasteiger charge is 2.23. The van der Waals surface area contributed by atoms with Crippen molar-refractivity contribution in [2.24, 2.45) is 17.8 Å². The molecule has 21 heavy (non-hydrogen) atoms. The van der Waals surface area contributed by atoms with Crippen LogP contribution in [-0.2, 0) is 0 Å². The van der Waals surface area contributed by atoms with Gasteiger partial charge in [0.1, 0.15) is 5.75 Å².